The smallest absolute Gasteiger partial charge is 0.309 e. The summed E-state index contributed by atoms with van der Waals surface area (Å²) in [6.07, 6.45) is 0.597. The average Bonchev–Trinajstić information content (AvgIpc) is 2.51. The largest absolute Gasteiger partial charge is 0.466 e. The molecule has 0 aromatic heterocycles. The minimum Gasteiger partial charge on any atom is -0.466 e. The molecule has 0 spiro atoms. The summed E-state index contributed by atoms with van der Waals surface area (Å²) in [5, 5.41) is 9.30. The highest BCUT2D eigenvalue weighted by molar-refractivity contribution is 5.72. The lowest BCUT2D eigenvalue weighted by atomic mass is 10.2. The Kier molecular flexibility index (Phi) is 4.35. The van der Waals surface area contributed by atoms with Gasteiger partial charge in [-0.3, -0.25) is 9.69 Å². The van der Waals surface area contributed by atoms with Gasteiger partial charge in [-0.15, -0.1) is 0 Å². The third-order valence-corrected chi connectivity index (χ3v) is 2.47. The van der Waals surface area contributed by atoms with Crippen LogP contribution in [0.1, 0.15) is 20.3 Å². The van der Waals surface area contributed by atoms with Crippen molar-refractivity contribution in [3.63, 3.8) is 0 Å². The second-order valence-electron chi connectivity index (χ2n) is 3.86. The number of ether oxygens (including phenoxy) is 1. The molecule has 1 heterocycles. The molecule has 4 heteroatoms. The van der Waals surface area contributed by atoms with Crippen LogP contribution in [0.25, 0.3) is 0 Å². The molecule has 1 N–H and O–H groups in total. The Morgan fingerprint density at radius 1 is 1.71 bits per heavy atom. The van der Waals surface area contributed by atoms with Crippen molar-refractivity contribution in [3.05, 3.63) is 0 Å². The molecule has 1 saturated heterocycles. The first-order chi connectivity index (χ1) is 6.63. The third-order valence-electron chi connectivity index (χ3n) is 2.47. The highest BCUT2D eigenvalue weighted by Gasteiger charge is 2.24. The molecular weight excluding hydrogens is 182 g/mol. The molecule has 1 rings (SSSR count). The van der Waals surface area contributed by atoms with Crippen LogP contribution in [0.5, 0.6) is 0 Å². The zero-order valence-corrected chi connectivity index (χ0v) is 8.90. The number of carbonyl (C=O) groups excluding carboxylic acids is 1. The molecule has 2 atom stereocenters. The van der Waals surface area contributed by atoms with Crippen LogP contribution < -0.4 is 0 Å². The Labute approximate surface area is 84.8 Å². The van der Waals surface area contributed by atoms with E-state index < -0.39 is 0 Å². The number of hydrogen-bond donors (Lipinski definition) is 1. The number of aliphatic hydroxyl groups excluding tert-OH is 1. The fourth-order valence-electron chi connectivity index (χ4n) is 1.72. The van der Waals surface area contributed by atoms with Crippen LogP contribution in [0.15, 0.2) is 0 Å². The van der Waals surface area contributed by atoms with Crippen molar-refractivity contribution >= 4 is 5.97 Å². The zero-order chi connectivity index (χ0) is 10.6. The van der Waals surface area contributed by atoms with E-state index in [1.165, 1.54) is 0 Å². The summed E-state index contributed by atoms with van der Waals surface area (Å²) in [5.41, 5.74) is 0. The standard InChI is InChI=1S/C10H19NO3/c1-3-14-10(13)8(2)6-11-5-4-9(12)7-11/h8-9,12H,3-7H2,1-2H3/t8?,9-/m1/s1. The summed E-state index contributed by atoms with van der Waals surface area (Å²) in [5.74, 6) is -0.242. The van der Waals surface area contributed by atoms with E-state index in [0.717, 1.165) is 13.0 Å². The van der Waals surface area contributed by atoms with E-state index in [-0.39, 0.29) is 18.0 Å². The molecule has 0 saturated carbocycles. The van der Waals surface area contributed by atoms with Crippen LogP contribution in [-0.2, 0) is 9.53 Å². The second kappa shape index (κ2) is 5.32. The normalized spacial score (nSPS) is 24.9. The molecule has 0 aromatic rings. The van der Waals surface area contributed by atoms with Crippen LogP contribution in [0.3, 0.4) is 0 Å². The Morgan fingerprint density at radius 2 is 2.43 bits per heavy atom. The first-order valence-corrected chi connectivity index (χ1v) is 5.20. The lowest BCUT2D eigenvalue weighted by molar-refractivity contribution is -0.147. The lowest BCUT2D eigenvalue weighted by Crippen LogP contribution is -2.31. The zero-order valence-electron chi connectivity index (χ0n) is 8.90. The van der Waals surface area contributed by atoms with Gasteiger partial charge < -0.3 is 9.84 Å². The Balaban J connectivity index is 2.26. The molecule has 0 amide bonds. The first-order valence-electron chi connectivity index (χ1n) is 5.20. The maximum absolute atomic E-state index is 11.3. The molecule has 1 aliphatic heterocycles. The number of aliphatic hydroxyl groups is 1. The number of carbonyl (C=O) groups is 1. The van der Waals surface area contributed by atoms with E-state index in [4.69, 9.17) is 4.74 Å². The fourth-order valence-corrected chi connectivity index (χ4v) is 1.72. The summed E-state index contributed by atoms with van der Waals surface area (Å²) >= 11 is 0. The highest BCUT2D eigenvalue weighted by Crippen LogP contribution is 2.11. The molecular formula is C10H19NO3. The van der Waals surface area contributed by atoms with Gasteiger partial charge in [0.25, 0.3) is 0 Å². The monoisotopic (exact) mass is 201 g/mol. The van der Waals surface area contributed by atoms with Crippen molar-refractivity contribution in [2.24, 2.45) is 5.92 Å². The van der Waals surface area contributed by atoms with Crippen molar-refractivity contribution in [1.82, 2.24) is 4.90 Å². The quantitative estimate of drug-likeness (QED) is 0.662. The predicted molar refractivity (Wildman–Crippen MR) is 52.9 cm³/mol. The number of β-amino-alcohol motifs (C(OH)–C–C–N with tert-alkyl or cyclic N) is 1. The molecule has 1 fully saturated rings. The van der Waals surface area contributed by atoms with Gasteiger partial charge in [-0.2, -0.15) is 0 Å². The number of nitrogens with zero attached hydrogens (tertiary/aromatic N) is 1. The van der Waals surface area contributed by atoms with Crippen molar-refractivity contribution in [2.75, 3.05) is 26.2 Å². The summed E-state index contributed by atoms with van der Waals surface area (Å²) < 4.78 is 4.91. The van der Waals surface area contributed by atoms with E-state index in [2.05, 4.69) is 4.90 Å². The van der Waals surface area contributed by atoms with Gasteiger partial charge in [0.05, 0.1) is 18.6 Å². The summed E-state index contributed by atoms with van der Waals surface area (Å²) in [6, 6.07) is 0. The van der Waals surface area contributed by atoms with Gasteiger partial charge in [0, 0.05) is 19.6 Å². The van der Waals surface area contributed by atoms with Gasteiger partial charge >= 0.3 is 5.97 Å². The molecule has 4 nitrogen and oxygen atoms in total. The Bertz CT molecular complexity index is 196. The molecule has 14 heavy (non-hydrogen) atoms. The number of esters is 1. The molecule has 82 valence electrons. The molecule has 0 radical (unpaired) electrons. The number of rotatable bonds is 4. The topological polar surface area (TPSA) is 49.8 Å². The maximum Gasteiger partial charge on any atom is 0.309 e. The third kappa shape index (κ3) is 3.27. The van der Waals surface area contributed by atoms with E-state index in [9.17, 15) is 9.90 Å². The first kappa shape index (κ1) is 11.5. The molecule has 0 aliphatic carbocycles. The van der Waals surface area contributed by atoms with Gasteiger partial charge in [-0.05, 0) is 13.3 Å². The van der Waals surface area contributed by atoms with Crippen LogP contribution in [-0.4, -0.2) is 48.3 Å². The van der Waals surface area contributed by atoms with E-state index in [1.54, 1.807) is 0 Å². The predicted octanol–water partition coefficient (Wildman–Crippen LogP) is 0.252. The Hall–Kier alpha value is -0.610. The SMILES string of the molecule is CCOC(=O)C(C)CN1CC[C@@H](O)C1. The lowest BCUT2D eigenvalue weighted by Gasteiger charge is -2.18. The number of likely N-dealkylation sites (tertiary alicyclic amines) is 1. The van der Waals surface area contributed by atoms with Crippen LogP contribution in [0.2, 0.25) is 0 Å². The van der Waals surface area contributed by atoms with Gasteiger partial charge in [0.15, 0.2) is 0 Å². The van der Waals surface area contributed by atoms with Crippen molar-refractivity contribution < 1.29 is 14.6 Å². The molecule has 1 unspecified atom stereocenters. The van der Waals surface area contributed by atoms with Gasteiger partial charge in [-0.25, -0.2) is 0 Å². The maximum atomic E-state index is 11.3. The van der Waals surface area contributed by atoms with Crippen molar-refractivity contribution in [3.8, 4) is 0 Å². The molecule has 1 aliphatic rings. The van der Waals surface area contributed by atoms with Gasteiger partial charge in [-0.1, -0.05) is 6.92 Å². The summed E-state index contributed by atoms with van der Waals surface area (Å²) in [4.78, 5) is 13.4. The van der Waals surface area contributed by atoms with Crippen LogP contribution in [0.4, 0.5) is 0 Å². The molecule has 0 aromatic carbocycles. The minimum absolute atomic E-state index is 0.0970. The Morgan fingerprint density at radius 3 is 2.93 bits per heavy atom. The van der Waals surface area contributed by atoms with E-state index in [0.29, 0.717) is 19.7 Å². The molecule has 0 bridgehead atoms. The second-order valence-corrected chi connectivity index (χ2v) is 3.86. The minimum atomic E-state index is -0.218. The number of hydrogen-bond acceptors (Lipinski definition) is 4. The van der Waals surface area contributed by atoms with Gasteiger partial charge in [0.1, 0.15) is 0 Å². The van der Waals surface area contributed by atoms with Gasteiger partial charge in [0.2, 0.25) is 0 Å². The summed E-state index contributed by atoms with van der Waals surface area (Å²) in [7, 11) is 0. The van der Waals surface area contributed by atoms with Crippen LogP contribution >= 0.6 is 0 Å². The van der Waals surface area contributed by atoms with E-state index in [1.807, 2.05) is 13.8 Å². The van der Waals surface area contributed by atoms with Crippen LogP contribution in [0, 0.1) is 5.92 Å². The average molecular weight is 201 g/mol. The summed E-state index contributed by atoms with van der Waals surface area (Å²) in [6.45, 7) is 6.36. The van der Waals surface area contributed by atoms with Crippen molar-refractivity contribution in [2.45, 2.75) is 26.4 Å². The van der Waals surface area contributed by atoms with E-state index >= 15 is 0 Å². The highest BCUT2D eigenvalue weighted by atomic mass is 16.5. The van der Waals surface area contributed by atoms with Crippen molar-refractivity contribution in [1.29, 1.82) is 0 Å². The fraction of sp³-hybridized carbons (Fsp3) is 0.900.